The Labute approximate surface area is 108 Å². The van der Waals surface area contributed by atoms with Crippen LogP contribution in [0.15, 0.2) is 11.6 Å². The molecule has 0 radical (unpaired) electrons. The molecule has 2 rings (SSSR count). The van der Waals surface area contributed by atoms with E-state index in [0.717, 1.165) is 25.8 Å². The molecule has 100 valence electrons. The van der Waals surface area contributed by atoms with Crippen LogP contribution in [0.1, 0.15) is 44.9 Å². The first-order chi connectivity index (χ1) is 8.66. The van der Waals surface area contributed by atoms with E-state index >= 15 is 0 Å². The van der Waals surface area contributed by atoms with Crippen molar-refractivity contribution in [2.45, 2.75) is 44.9 Å². The van der Waals surface area contributed by atoms with Gasteiger partial charge in [0.1, 0.15) is 0 Å². The Hall–Kier alpha value is -1.32. The van der Waals surface area contributed by atoms with Crippen molar-refractivity contribution in [1.29, 1.82) is 0 Å². The van der Waals surface area contributed by atoms with Gasteiger partial charge in [-0.05, 0) is 38.5 Å². The number of hydrogen-bond donors (Lipinski definition) is 1. The second kappa shape index (κ2) is 6.03. The van der Waals surface area contributed by atoms with Gasteiger partial charge in [-0.1, -0.05) is 11.6 Å². The molecular formula is C14H21NO3. The fraction of sp³-hybridized carbons (Fsp3) is 0.714. The van der Waals surface area contributed by atoms with Crippen LogP contribution >= 0.6 is 0 Å². The van der Waals surface area contributed by atoms with Gasteiger partial charge < -0.3 is 10.0 Å². The topological polar surface area (TPSA) is 57.6 Å². The van der Waals surface area contributed by atoms with Gasteiger partial charge in [-0.15, -0.1) is 0 Å². The maximum absolute atomic E-state index is 12.1. The number of carboxylic acid groups (broad SMARTS) is 1. The molecule has 0 aromatic carbocycles. The van der Waals surface area contributed by atoms with Crippen molar-refractivity contribution in [3.63, 3.8) is 0 Å². The number of carbonyl (C=O) groups is 2. The van der Waals surface area contributed by atoms with Crippen LogP contribution in [-0.2, 0) is 9.59 Å². The lowest BCUT2D eigenvalue weighted by Crippen LogP contribution is -2.42. The van der Waals surface area contributed by atoms with E-state index in [-0.39, 0.29) is 11.8 Å². The minimum absolute atomic E-state index is 0.106. The highest BCUT2D eigenvalue weighted by molar-refractivity contribution is 5.80. The zero-order valence-corrected chi connectivity index (χ0v) is 10.7. The second-order valence-corrected chi connectivity index (χ2v) is 5.30. The smallest absolute Gasteiger partial charge is 0.308 e. The molecule has 1 heterocycles. The molecule has 0 aromatic rings. The van der Waals surface area contributed by atoms with E-state index in [9.17, 15) is 9.59 Å². The van der Waals surface area contributed by atoms with Crippen molar-refractivity contribution in [2.75, 3.05) is 13.1 Å². The largest absolute Gasteiger partial charge is 0.481 e. The number of rotatable bonds is 3. The van der Waals surface area contributed by atoms with Gasteiger partial charge in [0.25, 0.3) is 0 Å². The third-order valence-corrected chi connectivity index (χ3v) is 3.89. The first-order valence-electron chi connectivity index (χ1n) is 6.85. The molecule has 1 unspecified atom stereocenters. The van der Waals surface area contributed by atoms with Gasteiger partial charge in [0.05, 0.1) is 5.92 Å². The number of likely N-dealkylation sites (tertiary alicyclic amines) is 1. The summed E-state index contributed by atoms with van der Waals surface area (Å²) in [6.07, 6.45) is 8.69. The van der Waals surface area contributed by atoms with Crippen LogP contribution in [0.5, 0.6) is 0 Å². The van der Waals surface area contributed by atoms with Crippen molar-refractivity contribution in [2.24, 2.45) is 5.92 Å². The summed E-state index contributed by atoms with van der Waals surface area (Å²) < 4.78 is 0. The maximum Gasteiger partial charge on any atom is 0.308 e. The molecule has 0 bridgehead atoms. The Morgan fingerprint density at radius 1 is 1.33 bits per heavy atom. The number of piperidine rings is 1. The summed E-state index contributed by atoms with van der Waals surface area (Å²) in [5.41, 5.74) is 1.24. The number of aliphatic carboxylic acids is 1. The zero-order chi connectivity index (χ0) is 13.0. The molecule has 0 aromatic heterocycles. The number of amides is 1. The van der Waals surface area contributed by atoms with Crippen molar-refractivity contribution in [3.05, 3.63) is 11.6 Å². The van der Waals surface area contributed by atoms with E-state index in [4.69, 9.17) is 5.11 Å². The zero-order valence-electron chi connectivity index (χ0n) is 10.7. The molecule has 4 heteroatoms. The van der Waals surface area contributed by atoms with Crippen LogP contribution in [-0.4, -0.2) is 35.0 Å². The molecule has 1 fully saturated rings. The maximum atomic E-state index is 12.1. The lowest BCUT2D eigenvalue weighted by Gasteiger charge is -2.31. The van der Waals surface area contributed by atoms with E-state index in [1.807, 2.05) is 0 Å². The quantitative estimate of drug-likeness (QED) is 0.782. The SMILES string of the molecule is O=C(O)C1CCCN(C(=O)CC2=CCCCC2)C1. The van der Waals surface area contributed by atoms with Crippen molar-refractivity contribution >= 4 is 11.9 Å². The number of allylic oxidation sites excluding steroid dienone is 1. The normalized spacial score (nSPS) is 24.6. The van der Waals surface area contributed by atoms with Gasteiger partial charge in [0, 0.05) is 19.5 Å². The molecule has 1 saturated heterocycles. The number of nitrogens with zero attached hydrogens (tertiary/aromatic N) is 1. The molecule has 2 aliphatic rings. The standard InChI is InChI=1S/C14H21NO3/c16-13(9-11-5-2-1-3-6-11)15-8-4-7-12(10-15)14(17)18/h5,12H,1-4,6-10H2,(H,17,18). The number of carbonyl (C=O) groups excluding carboxylic acids is 1. The molecule has 4 nitrogen and oxygen atoms in total. The summed E-state index contributed by atoms with van der Waals surface area (Å²) in [5.74, 6) is -1.04. The predicted octanol–water partition coefficient (Wildman–Crippen LogP) is 2.20. The molecule has 1 aliphatic heterocycles. The third-order valence-electron chi connectivity index (χ3n) is 3.89. The molecule has 1 aliphatic carbocycles. The van der Waals surface area contributed by atoms with Gasteiger partial charge in [0.2, 0.25) is 5.91 Å². The average Bonchev–Trinajstić information content (AvgIpc) is 2.40. The summed E-state index contributed by atoms with van der Waals surface area (Å²) in [4.78, 5) is 24.8. The lowest BCUT2D eigenvalue weighted by atomic mass is 9.95. The van der Waals surface area contributed by atoms with Crippen molar-refractivity contribution in [3.8, 4) is 0 Å². The monoisotopic (exact) mass is 251 g/mol. The minimum atomic E-state index is -0.774. The first-order valence-corrected chi connectivity index (χ1v) is 6.85. The van der Waals surface area contributed by atoms with E-state index in [1.165, 1.54) is 18.4 Å². The average molecular weight is 251 g/mol. The molecule has 18 heavy (non-hydrogen) atoms. The minimum Gasteiger partial charge on any atom is -0.481 e. The Balaban J connectivity index is 1.88. The highest BCUT2D eigenvalue weighted by atomic mass is 16.4. The van der Waals surface area contributed by atoms with Gasteiger partial charge in [-0.3, -0.25) is 9.59 Å². The van der Waals surface area contributed by atoms with E-state index in [0.29, 0.717) is 19.4 Å². The predicted molar refractivity (Wildman–Crippen MR) is 68.1 cm³/mol. The van der Waals surface area contributed by atoms with Crippen LogP contribution in [0, 0.1) is 5.92 Å². The summed E-state index contributed by atoms with van der Waals surface area (Å²) in [5, 5.41) is 9.01. The fourth-order valence-corrected chi connectivity index (χ4v) is 2.78. The molecule has 1 N–H and O–H groups in total. The summed E-state index contributed by atoms with van der Waals surface area (Å²) in [6, 6.07) is 0. The van der Waals surface area contributed by atoms with Gasteiger partial charge in [-0.25, -0.2) is 0 Å². The van der Waals surface area contributed by atoms with E-state index in [2.05, 4.69) is 6.08 Å². The first kappa shape index (κ1) is 13.1. The molecule has 0 spiro atoms. The molecule has 1 amide bonds. The third kappa shape index (κ3) is 3.34. The molecule has 1 atom stereocenters. The summed E-state index contributed by atoms with van der Waals surface area (Å²) >= 11 is 0. The highest BCUT2D eigenvalue weighted by Crippen LogP contribution is 2.23. The van der Waals surface area contributed by atoms with E-state index in [1.54, 1.807) is 4.90 Å². The van der Waals surface area contributed by atoms with Gasteiger partial charge in [0.15, 0.2) is 0 Å². The van der Waals surface area contributed by atoms with Crippen molar-refractivity contribution < 1.29 is 14.7 Å². The van der Waals surface area contributed by atoms with Crippen LogP contribution in [0.3, 0.4) is 0 Å². The highest BCUT2D eigenvalue weighted by Gasteiger charge is 2.28. The van der Waals surface area contributed by atoms with Crippen LogP contribution in [0.2, 0.25) is 0 Å². The Morgan fingerprint density at radius 3 is 2.83 bits per heavy atom. The lowest BCUT2D eigenvalue weighted by molar-refractivity contribution is -0.145. The summed E-state index contributed by atoms with van der Waals surface area (Å²) in [6.45, 7) is 1.11. The number of hydrogen-bond acceptors (Lipinski definition) is 2. The summed E-state index contributed by atoms with van der Waals surface area (Å²) in [7, 11) is 0. The van der Waals surface area contributed by atoms with Crippen LogP contribution in [0.4, 0.5) is 0 Å². The Bertz CT molecular complexity index is 362. The Morgan fingerprint density at radius 2 is 2.17 bits per heavy atom. The van der Waals surface area contributed by atoms with Crippen molar-refractivity contribution in [1.82, 2.24) is 4.90 Å². The van der Waals surface area contributed by atoms with Crippen LogP contribution in [0.25, 0.3) is 0 Å². The number of carboxylic acids is 1. The fourth-order valence-electron chi connectivity index (χ4n) is 2.78. The van der Waals surface area contributed by atoms with Crippen LogP contribution < -0.4 is 0 Å². The van der Waals surface area contributed by atoms with E-state index < -0.39 is 5.97 Å². The molecular weight excluding hydrogens is 230 g/mol. The Kier molecular flexibility index (Phi) is 4.39. The second-order valence-electron chi connectivity index (χ2n) is 5.30. The van der Waals surface area contributed by atoms with Gasteiger partial charge in [-0.2, -0.15) is 0 Å². The van der Waals surface area contributed by atoms with Gasteiger partial charge >= 0.3 is 5.97 Å². The molecule has 0 saturated carbocycles.